The average molecular weight is 258 g/mol. The van der Waals surface area contributed by atoms with Crippen LogP contribution >= 0.6 is 0 Å². The number of aromatic nitrogens is 1. The molecule has 0 aliphatic rings. The SMILES string of the molecule is COc1cnc2ccccc2c1C(=O)NCC(C)C. The van der Waals surface area contributed by atoms with E-state index in [-0.39, 0.29) is 5.91 Å². The summed E-state index contributed by atoms with van der Waals surface area (Å²) in [5.41, 5.74) is 1.34. The van der Waals surface area contributed by atoms with Crippen LogP contribution in [0.4, 0.5) is 0 Å². The molecule has 100 valence electrons. The van der Waals surface area contributed by atoms with Crippen molar-refractivity contribution in [3.8, 4) is 5.75 Å². The van der Waals surface area contributed by atoms with E-state index in [9.17, 15) is 4.79 Å². The number of carbonyl (C=O) groups excluding carboxylic acids is 1. The summed E-state index contributed by atoms with van der Waals surface area (Å²) in [5.74, 6) is 0.784. The molecule has 0 aliphatic carbocycles. The smallest absolute Gasteiger partial charge is 0.255 e. The Balaban J connectivity index is 2.46. The highest BCUT2D eigenvalue weighted by Crippen LogP contribution is 2.25. The van der Waals surface area contributed by atoms with Crippen LogP contribution in [-0.2, 0) is 0 Å². The highest BCUT2D eigenvalue weighted by Gasteiger charge is 2.16. The molecular formula is C15H18N2O2. The molecule has 0 aliphatic heterocycles. The minimum Gasteiger partial charge on any atom is -0.494 e. The van der Waals surface area contributed by atoms with E-state index in [1.165, 1.54) is 0 Å². The Morgan fingerprint density at radius 1 is 1.37 bits per heavy atom. The largest absolute Gasteiger partial charge is 0.494 e. The van der Waals surface area contributed by atoms with Gasteiger partial charge in [0.1, 0.15) is 0 Å². The third-order valence-corrected chi connectivity index (χ3v) is 2.86. The number of amides is 1. The van der Waals surface area contributed by atoms with Crippen LogP contribution in [0, 0.1) is 5.92 Å². The third-order valence-electron chi connectivity index (χ3n) is 2.86. The normalized spacial score (nSPS) is 10.7. The van der Waals surface area contributed by atoms with Gasteiger partial charge in [-0.15, -0.1) is 0 Å². The maximum Gasteiger partial charge on any atom is 0.255 e. The Morgan fingerprint density at radius 2 is 2.11 bits per heavy atom. The predicted octanol–water partition coefficient (Wildman–Crippen LogP) is 2.63. The highest BCUT2D eigenvalue weighted by molar-refractivity contribution is 6.08. The van der Waals surface area contributed by atoms with Gasteiger partial charge in [-0.2, -0.15) is 0 Å². The summed E-state index contributed by atoms with van der Waals surface area (Å²) in [5, 5.41) is 3.73. The Morgan fingerprint density at radius 3 is 2.79 bits per heavy atom. The van der Waals surface area contributed by atoms with Crippen LogP contribution in [0.15, 0.2) is 30.5 Å². The number of hydrogen-bond acceptors (Lipinski definition) is 3. The Hall–Kier alpha value is -2.10. The number of carbonyl (C=O) groups is 1. The lowest BCUT2D eigenvalue weighted by molar-refractivity contribution is 0.0947. The molecule has 1 N–H and O–H groups in total. The van der Waals surface area contributed by atoms with Gasteiger partial charge in [0, 0.05) is 11.9 Å². The summed E-state index contributed by atoms with van der Waals surface area (Å²) >= 11 is 0. The number of benzene rings is 1. The summed E-state index contributed by atoms with van der Waals surface area (Å²) in [6.07, 6.45) is 1.59. The Kier molecular flexibility index (Phi) is 4.00. The lowest BCUT2D eigenvalue weighted by Gasteiger charge is -2.12. The maximum atomic E-state index is 12.3. The van der Waals surface area contributed by atoms with Crippen LogP contribution in [-0.4, -0.2) is 24.5 Å². The van der Waals surface area contributed by atoms with Crippen LogP contribution in [0.1, 0.15) is 24.2 Å². The first-order chi connectivity index (χ1) is 9.13. The van der Waals surface area contributed by atoms with E-state index in [2.05, 4.69) is 24.1 Å². The van der Waals surface area contributed by atoms with Crippen LogP contribution < -0.4 is 10.1 Å². The lowest BCUT2D eigenvalue weighted by Crippen LogP contribution is -2.28. The van der Waals surface area contributed by atoms with Crippen molar-refractivity contribution < 1.29 is 9.53 Å². The highest BCUT2D eigenvalue weighted by atomic mass is 16.5. The summed E-state index contributed by atoms with van der Waals surface area (Å²) in [6, 6.07) is 7.56. The van der Waals surface area contributed by atoms with Crippen molar-refractivity contribution in [1.82, 2.24) is 10.3 Å². The van der Waals surface area contributed by atoms with Gasteiger partial charge in [-0.1, -0.05) is 32.0 Å². The number of rotatable bonds is 4. The molecule has 4 nitrogen and oxygen atoms in total. The van der Waals surface area contributed by atoms with Crippen LogP contribution in [0.25, 0.3) is 10.9 Å². The number of ether oxygens (including phenoxy) is 1. The fraction of sp³-hybridized carbons (Fsp3) is 0.333. The van der Waals surface area contributed by atoms with Crippen LogP contribution in [0.5, 0.6) is 5.75 Å². The molecule has 0 bridgehead atoms. The van der Waals surface area contributed by atoms with E-state index in [1.807, 2.05) is 24.3 Å². The molecule has 0 saturated heterocycles. The molecule has 0 unspecified atom stereocenters. The lowest BCUT2D eigenvalue weighted by atomic mass is 10.1. The quantitative estimate of drug-likeness (QED) is 0.917. The second kappa shape index (κ2) is 5.69. The van der Waals surface area contributed by atoms with Crippen LogP contribution in [0.2, 0.25) is 0 Å². The predicted molar refractivity (Wildman–Crippen MR) is 75.5 cm³/mol. The fourth-order valence-corrected chi connectivity index (χ4v) is 1.90. The Labute approximate surface area is 112 Å². The minimum atomic E-state index is -0.121. The van der Waals surface area contributed by atoms with Crippen molar-refractivity contribution in [3.63, 3.8) is 0 Å². The standard InChI is InChI=1S/C15H18N2O2/c1-10(2)8-17-15(18)14-11-6-4-5-7-12(11)16-9-13(14)19-3/h4-7,9-10H,8H2,1-3H3,(H,17,18). The van der Waals surface area contributed by atoms with Crippen molar-refractivity contribution in [1.29, 1.82) is 0 Å². The first kappa shape index (κ1) is 13.3. The van der Waals surface area contributed by atoms with E-state index in [1.54, 1.807) is 13.3 Å². The van der Waals surface area contributed by atoms with Gasteiger partial charge in [-0.05, 0) is 12.0 Å². The third kappa shape index (κ3) is 2.84. The topological polar surface area (TPSA) is 51.2 Å². The molecule has 1 heterocycles. The zero-order valence-electron chi connectivity index (χ0n) is 11.4. The zero-order chi connectivity index (χ0) is 13.8. The monoisotopic (exact) mass is 258 g/mol. The van der Waals surface area contributed by atoms with Gasteiger partial charge < -0.3 is 10.1 Å². The van der Waals surface area contributed by atoms with Gasteiger partial charge in [0.15, 0.2) is 5.75 Å². The number of nitrogens with one attached hydrogen (secondary N) is 1. The van der Waals surface area contributed by atoms with E-state index in [4.69, 9.17) is 4.74 Å². The van der Waals surface area contributed by atoms with Gasteiger partial charge in [-0.25, -0.2) is 0 Å². The van der Waals surface area contributed by atoms with Gasteiger partial charge in [0.05, 0.1) is 24.4 Å². The number of para-hydroxylation sites is 1. The fourth-order valence-electron chi connectivity index (χ4n) is 1.90. The molecular weight excluding hydrogens is 240 g/mol. The van der Waals surface area contributed by atoms with Crippen LogP contribution in [0.3, 0.4) is 0 Å². The molecule has 0 saturated carbocycles. The first-order valence-electron chi connectivity index (χ1n) is 6.33. The number of nitrogens with zero attached hydrogens (tertiary/aromatic N) is 1. The van der Waals surface area contributed by atoms with Crippen molar-refractivity contribution >= 4 is 16.8 Å². The molecule has 0 atom stereocenters. The van der Waals surface area contributed by atoms with Gasteiger partial charge in [0.25, 0.3) is 5.91 Å². The molecule has 2 rings (SSSR count). The number of fused-ring (bicyclic) bond motifs is 1. The molecule has 0 spiro atoms. The second-order valence-electron chi connectivity index (χ2n) is 4.82. The Bertz CT molecular complexity index is 594. The molecule has 1 aromatic carbocycles. The van der Waals surface area contributed by atoms with Crippen molar-refractivity contribution in [2.45, 2.75) is 13.8 Å². The summed E-state index contributed by atoms with van der Waals surface area (Å²) < 4.78 is 5.26. The van der Waals surface area contributed by atoms with E-state index in [0.717, 1.165) is 10.9 Å². The summed E-state index contributed by atoms with van der Waals surface area (Å²) in [6.45, 7) is 4.75. The van der Waals surface area contributed by atoms with Crippen molar-refractivity contribution in [2.75, 3.05) is 13.7 Å². The zero-order valence-corrected chi connectivity index (χ0v) is 11.4. The molecule has 2 aromatic rings. The number of methoxy groups -OCH3 is 1. The van der Waals surface area contributed by atoms with Gasteiger partial charge >= 0.3 is 0 Å². The molecule has 0 radical (unpaired) electrons. The van der Waals surface area contributed by atoms with E-state index in [0.29, 0.717) is 23.8 Å². The molecule has 1 aromatic heterocycles. The van der Waals surface area contributed by atoms with Gasteiger partial charge in [0.2, 0.25) is 0 Å². The van der Waals surface area contributed by atoms with Crippen molar-refractivity contribution in [2.24, 2.45) is 5.92 Å². The van der Waals surface area contributed by atoms with Crippen molar-refractivity contribution in [3.05, 3.63) is 36.0 Å². The number of pyridine rings is 1. The minimum absolute atomic E-state index is 0.121. The molecule has 19 heavy (non-hydrogen) atoms. The molecule has 0 fully saturated rings. The summed E-state index contributed by atoms with van der Waals surface area (Å²) in [7, 11) is 1.55. The maximum absolute atomic E-state index is 12.3. The molecule has 4 heteroatoms. The average Bonchev–Trinajstić information content (AvgIpc) is 2.43. The second-order valence-corrected chi connectivity index (χ2v) is 4.82. The van der Waals surface area contributed by atoms with E-state index >= 15 is 0 Å². The first-order valence-corrected chi connectivity index (χ1v) is 6.33. The van der Waals surface area contributed by atoms with E-state index < -0.39 is 0 Å². The molecule has 1 amide bonds. The van der Waals surface area contributed by atoms with Gasteiger partial charge in [-0.3, -0.25) is 9.78 Å². The number of hydrogen-bond donors (Lipinski definition) is 1. The summed E-state index contributed by atoms with van der Waals surface area (Å²) in [4.78, 5) is 16.6.